The van der Waals surface area contributed by atoms with Crippen LogP contribution in [0.5, 0.6) is 0 Å². The van der Waals surface area contributed by atoms with Gasteiger partial charge >= 0.3 is 0 Å². The Morgan fingerprint density at radius 2 is 1.94 bits per heavy atom. The Labute approximate surface area is 201 Å². The summed E-state index contributed by atoms with van der Waals surface area (Å²) in [6.45, 7) is 7.72. The van der Waals surface area contributed by atoms with E-state index >= 15 is 0 Å². The lowest BCUT2D eigenvalue weighted by Crippen LogP contribution is -2.49. The van der Waals surface area contributed by atoms with Crippen LogP contribution in [0.1, 0.15) is 43.5 Å². The number of anilines is 1. The Hall–Kier alpha value is -2.10. The summed E-state index contributed by atoms with van der Waals surface area (Å²) in [5, 5.41) is 4.92. The maximum absolute atomic E-state index is 13.6. The molecular formula is C23H32ClN5O3S. The predicted octanol–water partition coefficient (Wildman–Crippen LogP) is 3.33. The molecule has 0 N–H and O–H groups in total. The van der Waals surface area contributed by atoms with Crippen LogP contribution in [-0.2, 0) is 16.6 Å². The first-order valence-corrected chi connectivity index (χ1v) is 13.5. The van der Waals surface area contributed by atoms with Crippen molar-refractivity contribution in [2.45, 2.75) is 44.7 Å². The molecule has 2 aromatic rings. The van der Waals surface area contributed by atoms with E-state index < -0.39 is 10.0 Å². The van der Waals surface area contributed by atoms with Gasteiger partial charge in [0, 0.05) is 62.7 Å². The lowest BCUT2D eigenvalue weighted by atomic mass is 10.00. The number of benzene rings is 1. The van der Waals surface area contributed by atoms with Gasteiger partial charge in [-0.05, 0) is 43.4 Å². The summed E-state index contributed by atoms with van der Waals surface area (Å²) < 4.78 is 30.3. The van der Waals surface area contributed by atoms with Crippen LogP contribution < -0.4 is 4.90 Å². The van der Waals surface area contributed by atoms with Crippen LogP contribution in [0.15, 0.2) is 35.5 Å². The van der Waals surface area contributed by atoms with Gasteiger partial charge in [0.1, 0.15) is 0 Å². The van der Waals surface area contributed by atoms with E-state index in [1.165, 1.54) is 4.31 Å². The van der Waals surface area contributed by atoms with Crippen LogP contribution in [0, 0.1) is 5.92 Å². The fourth-order valence-electron chi connectivity index (χ4n) is 4.61. The molecule has 0 saturated carbocycles. The second-order valence-electron chi connectivity index (χ2n) is 8.98. The minimum atomic E-state index is -3.90. The third-order valence-corrected chi connectivity index (χ3v) is 8.42. The molecule has 1 aromatic carbocycles. The second kappa shape index (κ2) is 10.0. The third kappa shape index (κ3) is 5.20. The highest BCUT2D eigenvalue weighted by atomic mass is 35.5. The number of aromatic nitrogens is 2. The van der Waals surface area contributed by atoms with Crippen molar-refractivity contribution in [3.05, 3.63) is 41.0 Å². The molecule has 2 fully saturated rings. The van der Waals surface area contributed by atoms with Gasteiger partial charge in [-0.25, -0.2) is 8.42 Å². The number of amides is 1. The largest absolute Gasteiger partial charge is 0.369 e. The molecule has 2 saturated heterocycles. The van der Waals surface area contributed by atoms with E-state index in [1.807, 2.05) is 31.2 Å². The zero-order valence-corrected chi connectivity index (χ0v) is 20.9. The highest BCUT2D eigenvalue weighted by Gasteiger charge is 2.36. The number of rotatable bonds is 6. The summed E-state index contributed by atoms with van der Waals surface area (Å²) in [7, 11) is -3.90. The van der Waals surface area contributed by atoms with E-state index in [4.69, 9.17) is 11.6 Å². The van der Waals surface area contributed by atoms with Gasteiger partial charge in [-0.3, -0.25) is 9.48 Å². The zero-order chi connectivity index (χ0) is 23.6. The van der Waals surface area contributed by atoms with Crippen molar-refractivity contribution < 1.29 is 13.2 Å². The summed E-state index contributed by atoms with van der Waals surface area (Å²) in [6, 6.07) is 7.56. The minimum Gasteiger partial charge on any atom is -0.369 e. The van der Waals surface area contributed by atoms with Gasteiger partial charge in [-0.1, -0.05) is 31.5 Å². The molecule has 1 aromatic heterocycles. The number of nitrogens with zero attached hydrogens (tertiary/aromatic N) is 5. The molecule has 2 aliphatic rings. The number of halogens is 1. The number of carbonyl (C=O) groups is 1. The van der Waals surface area contributed by atoms with Crippen LogP contribution in [0.2, 0.25) is 5.02 Å². The molecule has 8 nitrogen and oxygen atoms in total. The molecule has 0 radical (unpaired) electrons. The molecule has 0 aliphatic carbocycles. The molecule has 2 aliphatic heterocycles. The summed E-state index contributed by atoms with van der Waals surface area (Å²) in [4.78, 5) is 17.2. The minimum absolute atomic E-state index is 0.115. The fourth-order valence-corrected chi connectivity index (χ4v) is 6.31. The SMILES string of the molecule is CCCn1cc(C(=O)N2CCC[C@@H](C)C2)c(S(=O)(=O)N2CCN(c3cccc(Cl)c3)CC2)n1. The number of piperidine rings is 1. The number of aryl methyl sites for hydroxylation is 1. The summed E-state index contributed by atoms with van der Waals surface area (Å²) in [5.41, 5.74) is 1.16. The average Bonchev–Trinajstić information content (AvgIpc) is 3.24. The van der Waals surface area contributed by atoms with Crippen LogP contribution in [0.3, 0.4) is 0 Å². The molecule has 0 spiro atoms. The van der Waals surface area contributed by atoms with Gasteiger partial charge in [0.2, 0.25) is 5.03 Å². The number of likely N-dealkylation sites (tertiary alicyclic amines) is 1. The first-order valence-electron chi connectivity index (χ1n) is 11.7. The Morgan fingerprint density at radius 3 is 2.61 bits per heavy atom. The monoisotopic (exact) mass is 493 g/mol. The van der Waals surface area contributed by atoms with Crippen molar-refractivity contribution in [3.63, 3.8) is 0 Å². The van der Waals surface area contributed by atoms with E-state index in [0.717, 1.165) is 24.9 Å². The molecular weight excluding hydrogens is 462 g/mol. The second-order valence-corrected chi connectivity index (χ2v) is 11.3. The normalized spacial score (nSPS) is 20.3. The number of piperazine rings is 1. The highest BCUT2D eigenvalue weighted by molar-refractivity contribution is 7.89. The third-order valence-electron chi connectivity index (χ3n) is 6.35. The Kier molecular flexibility index (Phi) is 7.31. The molecule has 4 rings (SSSR count). The maximum Gasteiger partial charge on any atom is 0.263 e. The van der Waals surface area contributed by atoms with Crippen molar-refractivity contribution in [2.24, 2.45) is 5.92 Å². The van der Waals surface area contributed by atoms with Crippen LogP contribution in [0.4, 0.5) is 5.69 Å². The van der Waals surface area contributed by atoms with Crippen LogP contribution >= 0.6 is 11.6 Å². The molecule has 180 valence electrons. The quantitative estimate of drug-likeness (QED) is 0.616. The van der Waals surface area contributed by atoms with Gasteiger partial charge in [0.05, 0.1) is 5.56 Å². The number of sulfonamides is 1. The van der Waals surface area contributed by atoms with Gasteiger partial charge in [0.15, 0.2) is 0 Å². The first-order chi connectivity index (χ1) is 15.8. The Morgan fingerprint density at radius 1 is 1.18 bits per heavy atom. The Balaban J connectivity index is 1.56. The summed E-state index contributed by atoms with van der Waals surface area (Å²) in [6.07, 6.45) is 4.43. The van der Waals surface area contributed by atoms with Crippen LogP contribution in [-0.4, -0.2) is 72.6 Å². The zero-order valence-electron chi connectivity index (χ0n) is 19.3. The van der Waals surface area contributed by atoms with Crippen molar-refractivity contribution in [3.8, 4) is 0 Å². The summed E-state index contributed by atoms with van der Waals surface area (Å²) in [5.74, 6) is 0.174. The number of hydrogen-bond donors (Lipinski definition) is 0. The van der Waals surface area contributed by atoms with Gasteiger partial charge in [-0.2, -0.15) is 9.40 Å². The number of hydrogen-bond acceptors (Lipinski definition) is 5. The van der Waals surface area contributed by atoms with Gasteiger partial charge < -0.3 is 9.80 Å². The Bertz CT molecular complexity index is 1100. The van der Waals surface area contributed by atoms with E-state index in [2.05, 4.69) is 16.9 Å². The maximum atomic E-state index is 13.6. The van der Waals surface area contributed by atoms with Gasteiger partial charge in [-0.15, -0.1) is 0 Å². The first kappa shape index (κ1) is 24.0. The standard InChI is InChI=1S/C23H32ClN5O3S/c1-3-9-28-17-21(23(30)27-10-5-6-18(2)16-27)22(25-28)33(31,32)29-13-11-26(12-14-29)20-8-4-7-19(24)15-20/h4,7-8,15,17-18H,3,5-6,9-14,16H2,1-2H3/t18-/m1/s1. The average molecular weight is 494 g/mol. The smallest absolute Gasteiger partial charge is 0.263 e. The van der Waals surface area contributed by atoms with Crippen LogP contribution in [0.25, 0.3) is 0 Å². The van der Waals surface area contributed by atoms with Crippen molar-refractivity contribution in [1.82, 2.24) is 19.0 Å². The molecule has 0 bridgehead atoms. The van der Waals surface area contributed by atoms with E-state index in [1.54, 1.807) is 15.8 Å². The molecule has 1 atom stereocenters. The molecule has 0 unspecified atom stereocenters. The fraction of sp³-hybridized carbons (Fsp3) is 0.565. The summed E-state index contributed by atoms with van der Waals surface area (Å²) >= 11 is 6.11. The lowest BCUT2D eigenvalue weighted by Gasteiger charge is -2.35. The van der Waals surface area contributed by atoms with Crippen molar-refractivity contribution >= 4 is 33.2 Å². The van der Waals surface area contributed by atoms with E-state index in [0.29, 0.717) is 56.8 Å². The number of carbonyl (C=O) groups excluding carboxylic acids is 1. The van der Waals surface area contributed by atoms with Crippen molar-refractivity contribution in [2.75, 3.05) is 44.2 Å². The highest BCUT2D eigenvalue weighted by Crippen LogP contribution is 2.26. The lowest BCUT2D eigenvalue weighted by molar-refractivity contribution is 0.0679. The molecule has 33 heavy (non-hydrogen) atoms. The van der Waals surface area contributed by atoms with E-state index in [-0.39, 0.29) is 16.5 Å². The molecule has 1 amide bonds. The topological polar surface area (TPSA) is 78.8 Å². The molecule has 10 heteroatoms. The molecule has 3 heterocycles. The predicted molar refractivity (Wildman–Crippen MR) is 129 cm³/mol. The van der Waals surface area contributed by atoms with Crippen molar-refractivity contribution in [1.29, 1.82) is 0 Å². The van der Waals surface area contributed by atoms with E-state index in [9.17, 15) is 13.2 Å². The van der Waals surface area contributed by atoms with Gasteiger partial charge in [0.25, 0.3) is 15.9 Å².